The Kier molecular flexibility index (Phi) is 5.96. The second kappa shape index (κ2) is 8.16. The van der Waals surface area contributed by atoms with Crippen LogP contribution in [0.1, 0.15) is 24.2 Å². The summed E-state index contributed by atoms with van der Waals surface area (Å²) < 4.78 is 1.29. The van der Waals surface area contributed by atoms with Crippen LogP contribution in [0, 0.1) is 10.1 Å². The summed E-state index contributed by atoms with van der Waals surface area (Å²) in [5.41, 5.74) is 0.305. The van der Waals surface area contributed by atoms with Crippen LogP contribution in [0.5, 0.6) is 0 Å². The van der Waals surface area contributed by atoms with Crippen LogP contribution in [0.3, 0.4) is 0 Å². The van der Waals surface area contributed by atoms with Gasteiger partial charge >= 0.3 is 0 Å². The zero-order chi connectivity index (χ0) is 17.5. The third-order valence-corrected chi connectivity index (χ3v) is 3.71. The normalized spacial score (nSPS) is 10.8. The fraction of sp³-hybridized carbons (Fsp3) is 0.400. The van der Waals surface area contributed by atoms with Crippen LogP contribution < -0.4 is 5.32 Å². The van der Waals surface area contributed by atoms with E-state index in [1.165, 1.54) is 35.5 Å². The largest absolute Gasteiger partial charge is 0.351 e. The predicted octanol–water partition coefficient (Wildman–Crippen LogP) is 1.25. The number of aromatic nitrogens is 3. The SMILES string of the molecule is CCN(CC)CCNC(=O)c1ccc(-n2cncn2)c([N+](=O)[O-])c1. The number of nitrogens with zero attached hydrogens (tertiary/aromatic N) is 5. The van der Waals surface area contributed by atoms with Crippen LogP contribution in [0.15, 0.2) is 30.9 Å². The Balaban J connectivity index is 2.12. The van der Waals surface area contributed by atoms with Gasteiger partial charge in [-0.3, -0.25) is 14.9 Å². The van der Waals surface area contributed by atoms with E-state index < -0.39 is 4.92 Å². The van der Waals surface area contributed by atoms with Crippen LogP contribution in [0.25, 0.3) is 5.69 Å². The van der Waals surface area contributed by atoms with E-state index in [-0.39, 0.29) is 22.8 Å². The van der Waals surface area contributed by atoms with Crippen LogP contribution in [-0.4, -0.2) is 56.7 Å². The molecule has 1 heterocycles. The smallest absolute Gasteiger partial charge is 0.295 e. The van der Waals surface area contributed by atoms with Gasteiger partial charge in [0.05, 0.1) is 4.92 Å². The molecule has 24 heavy (non-hydrogen) atoms. The topological polar surface area (TPSA) is 106 Å². The summed E-state index contributed by atoms with van der Waals surface area (Å²) >= 11 is 0. The van der Waals surface area contributed by atoms with Crippen LogP contribution in [-0.2, 0) is 0 Å². The van der Waals surface area contributed by atoms with Crippen molar-refractivity contribution in [1.82, 2.24) is 25.0 Å². The van der Waals surface area contributed by atoms with Gasteiger partial charge in [0.2, 0.25) is 0 Å². The molecule has 0 spiro atoms. The molecular formula is C15H20N6O3. The zero-order valence-electron chi connectivity index (χ0n) is 13.7. The maximum Gasteiger partial charge on any atom is 0.295 e. The molecule has 0 aliphatic carbocycles. The van der Waals surface area contributed by atoms with Crippen molar-refractivity contribution >= 4 is 11.6 Å². The van der Waals surface area contributed by atoms with E-state index in [4.69, 9.17) is 0 Å². The van der Waals surface area contributed by atoms with Crippen LogP contribution in [0.4, 0.5) is 5.69 Å². The molecule has 2 aromatic rings. The van der Waals surface area contributed by atoms with Crippen molar-refractivity contribution in [2.75, 3.05) is 26.2 Å². The third kappa shape index (κ3) is 4.13. The molecule has 0 atom stereocenters. The molecule has 0 radical (unpaired) electrons. The average Bonchev–Trinajstić information content (AvgIpc) is 3.12. The Bertz CT molecular complexity index is 697. The lowest BCUT2D eigenvalue weighted by Gasteiger charge is -2.17. The number of nitro benzene ring substituents is 1. The molecule has 0 saturated carbocycles. The third-order valence-electron chi connectivity index (χ3n) is 3.71. The monoisotopic (exact) mass is 332 g/mol. The number of nitrogens with one attached hydrogen (secondary N) is 1. The van der Waals surface area contributed by atoms with Gasteiger partial charge < -0.3 is 10.2 Å². The van der Waals surface area contributed by atoms with Crippen molar-refractivity contribution < 1.29 is 9.72 Å². The lowest BCUT2D eigenvalue weighted by atomic mass is 10.1. The van der Waals surface area contributed by atoms with Gasteiger partial charge in [-0.15, -0.1) is 0 Å². The molecular weight excluding hydrogens is 312 g/mol. The first-order chi connectivity index (χ1) is 11.6. The zero-order valence-corrected chi connectivity index (χ0v) is 13.7. The van der Waals surface area contributed by atoms with E-state index in [0.29, 0.717) is 6.54 Å². The lowest BCUT2D eigenvalue weighted by molar-refractivity contribution is -0.384. The highest BCUT2D eigenvalue weighted by Crippen LogP contribution is 2.23. The standard InChI is InChI=1S/C15H20N6O3/c1-3-19(4-2)8-7-17-15(22)12-5-6-13(14(9-12)21(23)24)20-11-16-10-18-20/h5-6,9-11H,3-4,7-8H2,1-2H3,(H,17,22). The molecule has 0 saturated heterocycles. The lowest BCUT2D eigenvalue weighted by Crippen LogP contribution is -2.34. The Labute approximate surface area is 139 Å². The van der Waals surface area contributed by atoms with Crippen LogP contribution in [0.2, 0.25) is 0 Å². The minimum absolute atomic E-state index is 0.197. The van der Waals surface area contributed by atoms with Gasteiger partial charge in [-0.1, -0.05) is 13.8 Å². The Morgan fingerprint density at radius 1 is 1.38 bits per heavy atom. The molecule has 9 nitrogen and oxygen atoms in total. The molecule has 1 aromatic heterocycles. The summed E-state index contributed by atoms with van der Waals surface area (Å²) in [6.45, 7) is 7.14. The predicted molar refractivity (Wildman–Crippen MR) is 88.1 cm³/mol. The number of benzene rings is 1. The molecule has 9 heteroatoms. The van der Waals surface area contributed by atoms with E-state index in [1.54, 1.807) is 0 Å². The number of hydrogen-bond acceptors (Lipinski definition) is 6. The summed E-state index contributed by atoms with van der Waals surface area (Å²) in [6, 6.07) is 4.28. The van der Waals surface area contributed by atoms with Crippen molar-refractivity contribution in [2.24, 2.45) is 0 Å². The fourth-order valence-corrected chi connectivity index (χ4v) is 2.31. The number of carbonyl (C=O) groups excluding carboxylic acids is 1. The first kappa shape index (κ1) is 17.5. The molecule has 128 valence electrons. The molecule has 1 N–H and O–H groups in total. The maximum absolute atomic E-state index is 12.2. The van der Waals surface area contributed by atoms with E-state index in [2.05, 4.69) is 34.1 Å². The van der Waals surface area contributed by atoms with Gasteiger partial charge in [0.15, 0.2) is 0 Å². The molecule has 0 fully saturated rings. The Morgan fingerprint density at radius 2 is 2.12 bits per heavy atom. The van der Waals surface area contributed by atoms with E-state index >= 15 is 0 Å². The summed E-state index contributed by atoms with van der Waals surface area (Å²) in [5, 5.41) is 17.9. The first-order valence-corrected chi connectivity index (χ1v) is 7.70. The van der Waals surface area contributed by atoms with E-state index in [1.807, 2.05) is 0 Å². The number of amides is 1. The number of nitro groups is 1. The van der Waals surface area contributed by atoms with E-state index in [9.17, 15) is 14.9 Å². The second-order valence-electron chi connectivity index (χ2n) is 5.08. The van der Waals surface area contributed by atoms with Crippen LogP contribution >= 0.6 is 0 Å². The van der Waals surface area contributed by atoms with Gasteiger partial charge in [-0.05, 0) is 25.2 Å². The Morgan fingerprint density at radius 3 is 2.71 bits per heavy atom. The van der Waals surface area contributed by atoms with Crippen molar-refractivity contribution in [3.8, 4) is 5.69 Å². The molecule has 1 amide bonds. The van der Waals surface area contributed by atoms with Crippen molar-refractivity contribution in [2.45, 2.75) is 13.8 Å². The first-order valence-electron chi connectivity index (χ1n) is 7.70. The number of carbonyl (C=O) groups is 1. The highest BCUT2D eigenvalue weighted by atomic mass is 16.6. The summed E-state index contributed by atoms with van der Waals surface area (Å²) in [6.07, 6.45) is 2.66. The molecule has 2 rings (SSSR count). The van der Waals surface area contributed by atoms with Gasteiger partial charge in [0.25, 0.3) is 11.6 Å². The molecule has 0 unspecified atom stereocenters. The number of likely N-dealkylation sites (N-methyl/N-ethyl adjacent to an activating group) is 1. The van der Waals surface area contributed by atoms with E-state index in [0.717, 1.165) is 19.6 Å². The van der Waals surface area contributed by atoms with Gasteiger partial charge in [-0.2, -0.15) is 5.10 Å². The van der Waals surface area contributed by atoms with Gasteiger partial charge in [0, 0.05) is 24.7 Å². The molecule has 0 aliphatic rings. The van der Waals surface area contributed by atoms with Crippen molar-refractivity contribution in [1.29, 1.82) is 0 Å². The molecule has 1 aromatic carbocycles. The highest BCUT2D eigenvalue weighted by molar-refractivity contribution is 5.95. The average molecular weight is 332 g/mol. The van der Waals surface area contributed by atoms with Crippen molar-refractivity contribution in [3.63, 3.8) is 0 Å². The minimum atomic E-state index is -0.538. The highest BCUT2D eigenvalue weighted by Gasteiger charge is 2.19. The quantitative estimate of drug-likeness (QED) is 0.576. The summed E-state index contributed by atoms with van der Waals surface area (Å²) in [7, 11) is 0. The second-order valence-corrected chi connectivity index (χ2v) is 5.08. The summed E-state index contributed by atoms with van der Waals surface area (Å²) in [4.78, 5) is 28.9. The minimum Gasteiger partial charge on any atom is -0.351 e. The van der Waals surface area contributed by atoms with Crippen molar-refractivity contribution in [3.05, 3.63) is 46.5 Å². The molecule has 0 aliphatic heterocycles. The Hall–Kier alpha value is -2.81. The van der Waals surface area contributed by atoms with Gasteiger partial charge in [-0.25, -0.2) is 9.67 Å². The molecule has 0 bridgehead atoms. The fourth-order valence-electron chi connectivity index (χ4n) is 2.31. The van der Waals surface area contributed by atoms with Gasteiger partial charge in [0.1, 0.15) is 18.3 Å². The maximum atomic E-state index is 12.2. The number of rotatable bonds is 8. The number of hydrogen-bond donors (Lipinski definition) is 1. The summed E-state index contributed by atoms with van der Waals surface area (Å²) in [5.74, 6) is -0.338.